The summed E-state index contributed by atoms with van der Waals surface area (Å²) < 4.78 is 7.33. The summed E-state index contributed by atoms with van der Waals surface area (Å²) in [4.78, 5) is 11.4. The summed E-state index contributed by atoms with van der Waals surface area (Å²) in [6.45, 7) is 5.52. The van der Waals surface area contributed by atoms with Gasteiger partial charge in [0, 0.05) is 18.3 Å². The molecule has 2 aromatic heterocycles. The highest BCUT2D eigenvalue weighted by molar-refractivity contribution is 5.72. The third-order valence-electron chi connectivity index (χ3n) is 5.07. The fourth-order valence-corrected chi connectivity index (χ4v) is 3.95. The van der Waals surface area contributed by atoms with Crippen LogP contribution in [0.15, 0.2) is 24.4 Å². The molecule has 7 nitrogen and oxygen atoms in total. The Balaban J connectivity index is 1.56. The minimum absolute atomic E-state index is 0.239. The SMILES string of the molecule is Cc1cc(C)c(-c2ccn3nc(N4C[C@@H]5C[C@H]4CO5)nc3n2)c(O)c1. The van der Waals surface area contributed by atoms with Gasteiger partial charge >= 0.3 is 0 Å². The van der Waals surface area contributed by atoms with Gasteiger partial charge in [0.05, 0.1) is 24.4 Å². The second-order valence-electron chi connectivity index (χ2n) is 6.94. The number of aryl methyl sites for hydroxylation is 2. The maximum atomic E-state index is 10.3. The molecule has 0 saturated carbocycles. The zero-order valence-corrected chi connectivity index (χ0v) is 14.2. The van der Waals surface area contributed by atoms with Crippen LogP contribution in [-0.4, -0.2) is 50.0 Å². The van der Waals surface area contributed by atoms with Crippen molar-refractivity contribution in [1.82, 2.24) is 19.6 Å². The van der Waals surface area contributed by atoms with Gasteiger partial charge in [-0.1, -0.05) is 6.07 Å². The molecule has 25 heavy (non-hydrogen) atoms. The van der Waals surface area contributed by atoms with Crippen molar-refractivity contribution < 1.29 is 9.84 Å². The van der Waals surface area contributed by atoms with E-state index >= 15 is 0 Å². The molecule has 0 aliphatic carbocycles. The summed E-state index contributed by atoms with van der Waals surface area (Å²) in [5.74, 6) is 1.48. The number of phenolic OH excluding ortho intramolecular Hbond substituents is 1. The summed E-state index contributed by atoms with van der Waals surface area (Å²) in [7, 11) is 0. The molecule has 2 aliphatic rings. The van der Waals surface area contributed by atoms with Gasteiger partial charge in [0.25, 0.3) is 5.78 Å². The average molecular weight is 337 g/mol. The third kappa shape index (κ3) is 2.26. The molecule has 7 heteroatoms. The molecule has 2 atom stereocenters. The fourth-order valence-electron chi connectivity index (χ4n) is 3.95. The van der Waals surface area contributed by atoms with Crippen LogP contribution in [0.25, 0.3) is 17.0 Å². The number of rotatable bonds is 2. The Hall–Kier alpha value is -2.67. The van der Waals surface area contributed by atoms with E-state index in [1.807, 2.05) is 32.2 Å². The number of ether oxygens (including phenoxy) is 1. The second-order valence-corrected chi connectivity index (χ2v) is 6.94. The van der Waals surface area contributed by atoms with Crippen LogP contribution in [-0.2, 0) is 4.74 Å². The molecule has 0 amide bonds. The van der Waals surface area contributed by atoms with E-state index in [9.17, 15) is 5.11 Å². The fraction of sp³-hybridized carbons (Fsp3) is 0.389. The smallest absolute Gasteiger partial charge is 0.254 e. The molecule has 1 N–H and O–H groups in total. The van der Waals surface area contributed by atoms with Gasteiger partial charge in [-0.25, -0.2) is 9.50 Å². The molecule has 0 spiro atoms. The minimum Gasteiger partial charge on any atom is -0.507 e. The Kier molecular flexibility index (Phi) is 3.03. The van der Waals surface area contributed by atoms with Crippen LogP contribution in [0.4, 0.5) is 5.95 Å². The van der Waals surface area contributed by atoms with Gasteiger partial charge < -0.3 is 14.7 Å². The lowest BCUT2D eigenvalue weighted by atomic mass is 10.0. The van der Waals surface area contributed by atoms with Gasteiger partial charge in [-0.15, -0.1) is 5.10 Å². The van der Waals surface area contributed by atoms with Gasteiger partial charge in [0.2, 0.25) is 5.95 Å². The van der Waals surface area contributed by atoms with Crippen molar-refractivity contribution in [2.75, 3.05) is 18.1 Å². The number of phenols is 1. The highest BCUT2D eigenvalue weighted by Crippen LogP contribution is 2.33. The van der Waals surface area contributed by atoms with Crippen LogP contribution in [0.5, 0.6) is 5.75 Å². The normalized spacial score (nSPS) is 22.2. The van der Waals surface area contributed by atoms with E-state index in [1.165, 1.54) is 0 Å². The minimum atomic E-state index is 0.239. The van der Waals surface area contributed by atoms with E-state index in [0.717, 1.165) is 36.3 Å². The number of fused-ring (bicyclic) bond motifs is 3. The Morgan fingerprint density at radius 3 is 2.84 bits per heavy atom. The molecule has 2 aliphatic heterocycles. The molecular formula is C18H19N5O2. The number of hydrogen-bond donors (Lipinski definition) is 1. The summed E-state index contributed by atoms with van der Waals surface area (Å²) in [5.41, 5.74) is 3.46. The first-order valence-corrected chi connectivity index (χ1v) is 8.51. The number of morpholine rings is 1. The first kappa shape index (κ1) is 14.7. The average Bonchev–Trinajstić information content (AvgIpc) is 3.28. The number of nitrogens with zero attached hydrogens (tertiary/aromatic N) is 5. The summed E-state index contributed by atoms with van der Waals surface area (Å²) in [6, 6.07) is 6.02. The lowest BCUT2D eigenvalue weighted by molar-refractivity contribution is 0.0986. The Bertz CT molecular complexity index is 960. The highest BCUT2D eigenvalue weighted by Gasteiger charge is 2.40. The highest BCUT2D eigenvalue weighted by atomic mass is 16.5. The van der Waals surface area contributed by atoms with Gasteiger partial charge in [0.15, 0.2) is 0 Å². The number of aromatic nitrogens is 4. The maximum absolute atomic E-state index is 10.3. The number of benzene rings is 1. The Morgan fingerprint density at radius 1 is 1.24 bits per heavy atom. The molecule has 128 valence electrons. The van der Waals surface area contributed by atoms with Crippen LogP contribution in [0.2, 0.25) is 0 Å². The van der Waals surface area contributed by atoms with E-state index in [1.54, 1.807) is 10.6 Å². The van der Waals surface area contributed by atoms with E-state index in [-0.39, 0.29) is 5.75 Å². The maximum Gasteiger partial charge on any atom is 0.254 e. The molecule has 2 saturated heterocycles. The number of aromatic hydroxyl groups is 1. The molecule has 1 aromatic carbocycles. The predicted molar refractivity (Wildman–Crippen MR) is 92.8 cm³/mol. The van der Waals surface area contributed by atoms with E-state index < -0.39 is 0 Å². The van der Waals surface area contributed by atoms with Crippen molar-refractivity contribution in [1.29, 1.82) is 0 Å². The lowest BCUT2D eigenvalue weighted by Crippen LogP contribution is -2.37. The van der Waals surface area contributed by atoms with Crippen LogP contribution in [0.1, 0.15) is 17.5 Å². The molecule has 5 rings (SSSR count). The van der Waals surface area contributed by atoms with Gasteiger partial charge in [-0.3, -0.25) is 0 Å². The molecule has 2 fully saturated rings. The van der Waals surface area contributed by atoms with Gasteiger partial charge in [0.1, 0.15) is 5.75 Å². The molecule has 4 heterocycles. The Labute approximate surface area is 144 Å². The molecule has 0 radical (unpaired) electrons. The standard InChI is InChI=1S/C18H19N5O2/c1-10-5-11(2)16(15(24)6-10)14-3-4-23-17(19-14)20-18(21-23)22-8-13-7-12(22)9-25-13/h3-6,12-13,24H,7-9H2,1-2H3/t12-,13-/m0/s1. The number of anilines is 1. The van der Waals surface area contributed by atoms with Crippen molar-refractivity contribution in [2.45, 2.75) is 32.4 Å². The first-order valence-electron chi connectivity index (χ1n) is 8.51. The first-order chi connectivity index (χ1) is 12.1. The van der Waals surface area contributed by atoms with Crippen LogP contribution in [0, 0.1) is 13.8 Å². The predicted octanol–water partition coefficient (Wildman–Crippen LogP) is 2.09. The Morgan fingerprint density at radius 2 is 2.12 bits per heavy atom. The van der Waals surface area contributed by atoms with Crippen LogP contribution in [0.3, 0.4) is 0 Å². The number of hydrogen-bond acceptors (Lipinski definition) is 6. The monoisotopic (exact) mass is 337 g/mol. The van der Waals surface area contributed by atoms with Crippen LogP contribution < -0.4 is 4.90 Å². The van der Waals surface area contributed by atoms with Crippen LogP contribution >= 0.6 is 0 Å². The molecule has 3 aromatic rings. The van der Waals surface area contributed by atoms with Gasteiger partial charge in [-0.2, -0.15) is 4.98 Å². The van der Waals surface area contributed by atoms with Gasteiger partial charge in [-0.05, 0) is 43.5 Å². The lowest BCUT2D eigenvalue weighted by Gasteiger charge is -2.25. The topological polar surface area (TPSA) is 75.8 Å². The van der Waals surface area contributed by atoms with E-state index in [4.69, 9.17) is 4.74 Å². The molecular weight excluding hydrogens is 318 g/mol. The van der Waals surface area contributed by atoms with Crippen molar-refractivity contribution in [3.05, 3.63) is 35.5 Å². The van der Waals surface area contributed by atoms with E-state index in [0.29, 0.717) is 29.6 Å². The largest absolute Gasteiger partial charge is 0.507 e. The van der Waals surface area contributed by atoms with E-state index in [2.05, 4.69) is 20.0 Å². The zero-order valence-electron chi connectivity index (χ0n) is 14.2. The summed E-state index contributed by atoms with van der Waals surface area (Å²) in [5, 5.41) is 14.9. The van der Waals surface area contributed by atoms with Crippen molar-refractivity contribution in [3.63, 3.8) is 0 Å². The van der Waals surface area contributed by atoms with Crippen molar-refractivity contribution >= 4 is 11.7 Å². The summed E-state index contributed by atoms with van der Waals surface area (Å²) in [6.07, 6.45) is 3.19. The third-order valence-corrected chi connectivity index (χ3v) is 5.07. The zero-order chi connectivity index (χ0) is 17.1. The summed E-state index contributed by atoms with van der Waals surface area (Å²) >= 11 is 0. The van der Waals surface area contributed by atoms with Crippen molar-refractivity contribution in [2.24, 2.45) is 0 Å². The van der Waals surface area contributed by atoms with Crippen molar-refractivity contribution in [3.8, 4) is 17.0 Å². The second kappa shape index (κ2) is 5.16. The molecule has 2 bridgehead atoms. The molecule has 0 unspecified atom stereocenters. The quantitative estimate of drug-likeness (QED) is 0.772.